The number of nitro groups is 1. The molecule has 3 rings (SSSR count). The highest BCUT2D eigenvalue weighted by Crippen LogP contribution is 2.23. The molecule has 3 aromatic rings. The van der Waals surface area contributed by atoms with Gasteiger partial charge in [-0.1, -0.05) is 0 Å². The minimum Gasteiger partial charge on any atom is -0.346 e. The van der Waals surface area contributed by atoms with Gasteiger partial charge in [-0.2, -0.15) is 0 Å². The highest BCUT2D eigenvalue weighted by atomic mass is 32.1. The number of nitro benzene ring substituents is 1. The Bertz CT molecular complexity index is 925. The Morgan fingerprint density at radius 1 is 1.28 bits per heavy atom. The predicted molar refractivity (Wildman–Crippen MR) is 94.3 cm³/mol. The van der Waals surface area contributed by atoms with Crippen molar-refractivity contribution < 1.29 is 9.72 Å². The fourth-order valence-electron chi connectivity index (χ4n) is 2.29. The quantitative estimate of drug-likeness (QED) is 0.560. The molecule has 0 spiro atoms. The zero-order chi connectivity index (χ0) is 17.8. The van der Waals surface area contributed by atoms with Gasteiger partial charge in [0.2, 0.25) is 0 Å². The number of hydrogen-bond donors (Lipinski definition) is 1. The fraction of sp³-hybridized carbons (Fsp3) is 0.118. The van der Waals surface area contributed by atoms with E-state index in [0.29, 0.717) is 11.1 Å². The van der Waals surface area contributed by atoms with Crippen molar-refractivity contribution in [3.8, 4) is 10.6 Å². The summed E-state index contributed by atoms with van der Waals surface area (Å²) in [6.45, 7) is 1.90. The van der Waals surface area contributed by atoms with Crippen LogP contribution in [0.5, 0.6) is 0 Å². The lowest BCUT2D eigenvalue weighted by atomic mass is 10.1. The highest BCUT2D eigenvalue weighted by Gasteiger charge is 2.14. The van der Waals surface area contributed by atoms with Gasteiger partial charge < -0.3 is 5.32 Å². The molecule has 2 aromatic heterocycles. The average molecular weight is 354 g/mol. The molecule has 2 heterocycles. The molecule has 0 unspecified atom stereocenters. The van der Waals surface area contributed by atoms with E-state index in [-0.39, 0.29) is 18.1 Å². The van der Waals surface area contributed by atoms with Crippen LogP contribution in [0.2, 0.25) is 0 Å². The van der Waals surface area contributed by atoms with Crippen molar-refractivity contribution in [2.24, 2.45) is 0 Å². The Balaban J connectivity index is 1.66. The maximum atomic E-state index is 12.2. The monoisotopic (exact) mass is 354 g/mol. The number of hydrogen-bond acceptors (Lipinski definition) is 6. The van der Waals surface area contributed by atoms with Gasteiger partial charge in [-0.25, -0.2) is 4.98 Å². The number of aryl methyl sites for hydroxylation is 1. The summed E-state index contributed by atoms with van der Waals surface area (Å²) in [6, 6.07) is 8.05. The van der Waals surface area contributed by atoms with Gasteiger partial charge in [0, 0.05) is 40.5 Å². The summed E-state index contributed by atoms with van der Waals surface area (Å²) >= 11 is 1.49. The molecule has 0 saturated heterocycles. The largest absolute Gasteiger partial charge is 0.346 e. The Morgan fingerprint density at radius 3 is 2.72 bits per heavy atom. The number of nitrogens with zero attached hydrogens (tertiary/aromatic N) is 3. The number of nitrogens with one attached hydrogen (secondary N) is 1. The summed E-state index contributed by atoms with van der Waals surface area (Å²) in [4.78, 5) is 31.0. The van der Waals surface area contributed by atoms with Crippen molar-refractivity contribution in [1.82, 2.24) is 15.3 Å². The van der Waals surface area contributed by atoms with Gasteiger partial charge in [-0.05, 0) is 31.2 Å². The van der Waals surface area contributed by atoms with Gasteiger partial charge in [-0.15, -0.1) is 11.3 Å². The first-order valence-corrected chi connectivity index (χ1v) is 8.30. The van der Waals surface area contributed by atoms with Gasteiger partial charge in [0.25, 0.3) is 11.6 Å². The van der Waals surface area contributed by atoms with E-state index in [4.69, 9.17) is 0 Å². The summed E-state index contributed by atoms with van der Waals surface area (Å²) < 4.78 is 0. The molecule has 0 bridgehead atoms. The van der Waals surface area contributed by atoms with E-state index >= 15 is 0 Å². The standard InChI is InChI=1S/C17H14N4O3S/c1-11-8-13(2-3-15(11)21(23)24)16(22)19-9-14-10-25-17(20-14)12-4-6-18-7-5-12/h2-8,10H,9H2,1H3,(H,19,22). The van der Waals surface area contributed by atoms with Crippen LogP contribution in [-0.4, -0.2) is 20.8 Å². The minimum absolute atomic E-state index is 0.00181. The molecule has 0 aliphatic heterocycles. The number of carbonyl (C=O) groups is 1. The van der Waals surface area contributed by atoms with E-state index in [1.807, 2.05) is 17.5 Å². The number of carbonyl (C=O) groups excluding carboxylic acids is 1. The summed E-state index contributed by atoms with van der Waals surface area (Å²) in [5.41, 5.74) is 2.56. The van der Waals surface area contributed by atoms with Gasteiger partial charge in [0.1, 0.15) is 5.01 Å². The van der Waals surface area contributed by atoms with Crippen LogP contribution >= 0.6 is 11.3 Å². The highest BCUT2D eigenvalue weighted by molar-refractivity contribution is 7.13. The normalized spacial score (nSPS) is 10.4. The summed E-state index contributed by atoms with van der Waals surface area (Å²) in [5.74, 6) is -0.295. The molecule has 0 aliphatic carbocycles. The molecule has 1 aromatic carbocycles. The molecule has 0 aliphatic rings. The molecule has 0 fully saturated rings. The Kier molecular flexibility index (Phi) is 4.80. The first-order valence-electron chi connectivity index (χ1n) is 7.42. The van der Waals surface area contributed by atoms with Gasteiger partial charge in [0.05, 0.1) is 17.2 Å². The first-order chi connectivity index (χ1) is 12.0. The number of amides is 1. The topological polar surface area (TPSA) is 98.0 Å². The number of aromatic nitrogens is 2. The van der Waals surface area contributed by atoms with E-state index in [1.54, 1.807) is 19.3 Å². The SMILES string of the molecule is Cc1cc(C(=O)NCc2csc(-c3ccncc3)n2)ccc1[N+](=O)[O-]. The van der Waals surface area contributed by atoms with Gasteiger partial charge in [0.15, 0.2) is 0 Å². The third-order valence-corrected chi connectivity index (χ3v) is 4.50. The fourth-order valence-corrected chi connectivity index (χ4v) is 3.12. The van der Waals surface area contributed by atoms with Crippen molar-refractivity contribution in [2.45, 2.75) is 13.5 Å². The zero-order valence-corrected chi connectivity index (χ0v) is 14.1. The van der Waals surface area contributed by atoms with Crippen LogP contribution < -0.4 is 5.32 Å². The van der Waals surface area contributed by atoms with E-state index in [1.165, 1.54) is 29.5 Å². The third kappa shape index (κ3) is 3.86. The Labute approximate surface area is 147 Å². The third-order valence-electron chi connectivity index (χ3n) is 3.56. The molecule has 7 nitrogen and oxygen atoms in total. The molecule has 126 valence electrons. The van der Waals surface area contributed by atoms with Crippen molar-refractivity contribution in [3.05, 3.63) is 75.0 Å². The lowest BCUT2D eigenvalue weighted by Crippen LogP contribution is -2.23. The molecular formula is C17H14N4O3S. The molecule has 0 saturated carbocycles. The van der Waals surface area contributed by atoms with Crippen molar-refractivity contribution in [2.75, 3.05) is 0 Å². The Hall–Kier alpha value is -3.13. The van der Waals surface area contributed by atoms with Crippen LogP contribution in [0.1, 0.15) is 21.6 Å². The molecule has 0 radical (unpaired) electrons. The van der Waals surface area contributed by atoms with Crippen LogP contribution in [0.3, 0.4) is 0 Å². The molecular weight excluding hydrogens is 340 g/mol. The van der Waals surface area contributed by atoms with E-state index in [9.17, 15) is 14.9 Å². The lowest BCUT2D eigenvalue weighted by molar-refractivity contribution is -0.385. The van der Waals surface area contributed by atoms with Crippen molar-refractivity contribution in [3.63, 3.8) is 0 Å². The summed E-state index contributed by atoms with van der Waals surface area (Å²) in [5, 5.41) is 16.4. The number of thiazole rings is 1. The van der Waals surface area contributed by atoms with E-state index < -0.39 is 4.92 Å². The number of benzene rings is 1. The van der Waals surface area contributed by atoms with Crippen molar-refractivity contribution >= 4 is 22.9 Å². The average Bonchev–Trinajstić information content (AvgIpc) is 3.09. The zero-order valence-electron chi connectivity index (χ0n) is 13.3. The summed E-state index contributed by atoms with van der Waals surface area (Å²) in [6.07, 6.45) is 3.41. The second-order valence-electron chi connectivity index (χ2n) is 5.32. The first kappa shape index (κ1) is 16.7. The minimum atomic E-state index is -0.465. The molecule has 25 heavy (non-hydrogen) atoms. The maximum absolute atomic E-state index is 12.2. The van der Waals surface area contributed by atoms with Gasteiger partial charge >= 0.3 is 0 Å². The van der Waals surface area contributed by atoms with Crippen LogP contribution in [0.15, 0.2) is 48.1 Å². The van der Waals surface area contributed by atoms with E-state index in [2.05, 4.69) is 15.3 Å². The molecule has 8 heteroatoms. The maximum Gasteiger partial charge on any atom is 0.272 e. The summed E-state index contributed by atoms with van der Waals surface area (Å²) in [7, 11) is 0. The molecule has 1 N–H and O–H groups in total. The number of rotatable bonds is 5. The van der Waals surface area contributed by atoms with Crippen LogP contribution in [-0.2, 0) is 6.54 Å². The number of pyridine rings is 1. The van der Waals surface area contributed by atoms with Crippen LogP contribution in [0.4, 0.5) is 5.69 Å². The second kappa shape index (κ2) is 7.18. The van der Waals surface area contributed by atoms with Crippen LogP contribution in [0, 0.1) is 17.0 Å². The van der Waals surface area contributed by atoms with Crippen molar-refractivity contribution in [1.29, 1.82) is 0 Å². The lowest BCUT2D eigenvalue weighted by Gasteiger charge is -2.05. The Morgan fingerprint density at radius 2 is 2.04 bits per heavy atom. The molecule has 1 amide bonds. The van der Waals surface area contributed by atoms with Crippen LogP contribution in [0.25, 0.3) is 10.6 Å². The smallest absolute Gasteiger partial charge is 0.272 e. The second-order valence-corrected chi connectivity index (χ2v) is 6.18. The van der Waals surface area contributed by atoms with Gasteiger partial charge in [-0.3, -0.25) is 19.9 Å². The molecule has 0 atom stereocenters. The van der Waals surface area contributed by atoms with E-state index in [0.717, 1.165) is 16.3 Å². The predicted octanol–water partition coefficient (Wildman–Crippen LogP) is 3.35.